The first-order valence-corrected chi connectivity index (χ1v) is 8.12. The van der Waals surface area contributed by atoms with Crippen molar-refractivity contribution in [2.45, 2.75) is 36.6 Å². The number of halogens is 2. The monoisotopic (exact) mass is 424 g/mol. The topological polar surface area (TPSA) is 36.9 Å². The second kappa shape index (κ2) is 6.72. The van der Waals surface area contributed by atoms with Crippen molar-refractivity contribution in [1.82, 2.24) is 0 Å². The standard InChI is InChI=1S/C14H19BClIO4/c1-13(2)14(3,17)21-15(20-13)12-6-5-11(16)7-10(12)8-19-9-18-4/h5-7H,8-9H2,1-4H3/t14-/m0/s1. The molecular weight excluding hydrogens is 405 g/mol. The molecule has 0 saturated carbocycles. The highest BCUT2D eigenvalue weighted by Gasteiger charge is 2.53. The number of hydrogen-bond donors (Lipinski definition) is 0. The van der Waals surface area contributed by atoms with E-state index < -0.39 is 10.7 Å². The third-order valence-electron chi connectivity index (χ3n) is 3.62. The minimum Gasteiger partial charge on any atom is -0.398 e. The summed E-state index contributed by atoms with van der Waals surface area (Å²) in [7, 11) is 1.16. The average molecular weight is 424 g/mol. The summed E-state index contributed by atoms with van der Waals surface area (Å²) in [5, 5.41) is 0.657. The van der Waals surface area contributed by atoms with E-state index >= 15 is 0 Å². The Morgan fingerprint density at radius 1 is 1.29 bits per heavy atom. The Bertz CT molecular complexity index is 494. The molecule has 4 nitrogen and oxygen atoms in total. The second-order valence-corrected chi connectivity index (χ2v) is 8.09. The van der Waals surface area contributed by atoms with Gasteiger partial charge in [-0.3, -0.25) is 0 Å². The zero-order valence-electron chi connectivity index (χ0n) is 12.6. The first kappa shape index (κ1) is 17.5. The van der Waals surface area contributed by atoms with Gasteiger partial charge in [0.1, 0.15) is 10.4 Å². The van der Waals surface area contributed by atoms with Crippen LogP contribution in [0.1, 0.15) is 26.3 Å². The van der Waals surface area contributed by atoms with E-state index in [0.717, 1.165) is 11.0 Å². The van der Waals surface area contributed by atoms with E-state index in [-0.39, 0.29) is 12.4 Å². The molecule has 0 aliphatic carbocycles. The smallest absolute Gasteiger partial charge is 0.398 e. The summed E-state index contributed by atoms with van der Waals surface area (Å²) < 4.78 is 22.1. The van der Waals surface area contributed by atoms with Crippen LogP contribution in [0.2, 0.25) is 5.02 Å². The minimum atomic E-state index is -0.430. The fraction of sp³-hybridized carbons (Fsp3) is 0.571. The molecule has 116 valence electrons. The van der Waals surface area contributed by atoms with Crippen molar-refractivity contribution in [3.05, 3.63) is 28.8 Å². The van der Waals surface area contributed by atoms with Crippen molar-refractivity contribution in [3.63, 3.8) is 0 Å². The van der Waals surface area contributed by atoms with Crippen LogP contribution in [0, 0.1) is 0 Å². The van der Waals surface area contributed by atoms with Gasteiger partial charge in [0.15, 0.2) is 0 Å². The fourth-order valence-electron chi connectivity index (χ4n) is 2.03. The SMILES string of the molecule is COCOCc1cc(Cl)ccc1B1OC(C)(C)[C@@](C)(I)O1. The number of benzene rings is 1. The largest absolute Gasteiger partial charge is 0.495 e. The van der Waals surface area contributed by atoms with Crippen LogP contribution >= 0.6 is 34.2 Å². The molecule has 1 heterocycles. The summed E-state index contributed by atoms with van der Waals surface area (Å²) in [4.78, 5) is 0. The van der Waals surface area contributed by atoms with Gasteiger partial charge in [-0.25, -0.2) is 0 Å². The van der Waals surface area contributed by atoms with Crippen LogP contribution in [0.4, 0.5) is 0 Å². The molecule has 1 fully saturated rings. The quantitative estimate of drug-likeness (QED) is 0.239. The lowest BCUT2D eigenvalue weighted by Crippen LogP contribution is -2.38. The molecule has 2 rings (SSSR count). The van der Waals surface area contributed by atoms with Gasteiger partial charge in [-0.2, -0.15) is 0 Å². The lowest BCUT2D eigenvalue weighted by atomic mass is 9.76. The lowest BCUT2D eigenvalue weighted by molar-refractivity contribution is -0.0388. The molecule has 0 radical (unpaired) electrons. The van der Waals surface area contributed by atoms with Crippen LogP contribution in [0.15, 0.2) is 18.2 Å². The summed E-state index contributed by atoms with van der Waals surface area (Å²) in [5.74, 6) is 0. The predicted molar refractivity (Wildman–Crippen MR) is 92.2 cm³/mol. The Balaban J connectivity index is 2.24. The molecule has 0 spiro atoms. The number of rotatable bonds is 5. The highest BCUT2D eigenvalue weighted by atomic mass is 127. The van der Waals surface area contributed by atoms with E-state index in [4.69, 9.17) is 30.4 Å². The summed E-state index contributed by atoms with van der Waals surface area (Å²) in [5.41, 5.74) is 1.49. The minimum absolute atomic E-state index is 0.230. The Morgan fingerprint density at radius 3 is 2.57 bits per heavy atom. The Kier molecular flexibility index (Phi) is 5.60. The van der Waals surface area contributed by atoms with Crippen LogP contribution in [-0.4, -0.2) is 30.2 Å². The van der Waals surface area contributed by atoms with Crippen molar-refractivity contribution < 1.29 is 18.8 Å². The van der Waals surface area contributed by atoms with Gasteiger partial charge in [0.2, 0.25) is 0 Å². The molecule has 1 aromatic rings. The van der Waals surface area contributed by atoms with Gasteiger partial charge in [0, 0.05) is 12.1 Å². The fourth-order valence-corrected chi connectivity index (χ4v) is 2.58. The van der Waals surface area contributed by atoms with Crippen LogP contribution in [-0.2, 0) is 25.4 Å². The molecule has 0 amide bonds. The van der Waals surface area contributed by atoms with Crippen molar-refractivity contribution >= 4 is 46.8 Å². The van der Waals surface area contributed by atoms with E-state index in [1.807, 2.05) is 39.0 Å². The molecule has 21 heavy (non-hydrogen) atoms. The van der Waals surface area contributed by atoms with Gasteiger partial charge in [0.05, 0.1) is 12.2 Å². The van der Waals surface area contributed by atoms with Crippen molar-refractivity contribution in [2.24, 2.45) is 0 Å². The van der Waals surface area contributed by atoms with Gasteiger partial charge in [-0.15, -0.1) is 0 Å². The van der Waals surface area contributed by atoms with Gasteiger partial charge < -0.3 is 18.8 Å². The number of methoxy groups -OCH3 is 1. The molecule has 1 saturated heterocycles. The second-order valence-electron chi connectivity index (χ2n) is 5.59. The molecular formula is C14H19BClIO4. The first-order chi connectivity index (χ1) is 9.77. The van der Waals surface area contributed by atoms with Gasteiger partial charge >= 0.3 is 7.12 Å². The number of hydrogen-bond acceptors (Lipinski definition) is 4. The van der Waals surface area contributed by atoms with Crippen LogP contribution < -0.4 is 5.46 Å². The van der Waals surface area contributed by atoms with Crippen LogP contribution in [0.25, 0.3) is 0 Å². The highest BCUT2D eigenvalue weighted by Crippen LogP contribution is 2.42. The third kappa shape index (κ3) is 3.92. The molecule has 1 atom stereocenters. The van der Waals surface area contributed by atoms with Crippen LogP contribution in [0.3, 0.4) is 0 Å². The Labute approximate surface area is 144 Å². The molecule has 0 unspecified atom stereocenters. The summed E-state index contributed by atoms with van der Waals surface area (Å²) in [6.07, 6.45) is 0. The average Bonchev–Trinajstić information content (AvgIpc) is 2.58. The predicted octanol–water partition coefficient (Wildman–Crippen LogP) is 3.13. The summed E-state index contributed by atoms with van der Waals surface area (Å²) in [6, 6.07) is 5.63. The highest BCUT2D eigenvalue weighted by molar-refractivity contribution is 14.1. The number of alkyl halides is 1. The molecule has 1 aliphatic heterocycles. The molecule has 0 bridgehead atoms. The van der Waals surface area contributed by atoms with Crippen LogP contribution in [0.5, 0.6) is 0 Å². The number of ether oxygens (including phenoxy) is 2. The molecule has 1 aromatic carbocycles. The van der Waals surface area contributed by atoms with Crippen molar-refractivity contribution in [1.29, 1.82) is 0 Å². The molecule has 0 N–H and O–H groups in total. The maximum Gasteiger partial charge on any atom is 0.495 e. The summed E-state index contributed by atoms with van der Waals surface area (Å²) in [6.45, 7) is 6.69. The maximum absolute atomic E-state index is 6.08. The van der Waals surface area contributed by atoms with E-state index in [1.165, 1.54) is 0 Å². The molecule has 1 aliphatic rings. The Morgan fingerprint density at radius 2 is 2.00 bits per heavy atom. The van der Waals surface area contributed by atoms with E-state index in [0.29, 0.717) is 11.6 Å². The third-order valence-corrected chi connectivity index (χ3v) is 5.41. The molecule has 7 heteroatoms. The van der Waals surface area contributed by atoms with Gasteiger partial charge in [-0.05, 0) is 66.5 Å². The van der Waals surface area contributed by atoms with Crippen molar-refractivity contribution in [2.75, 3.05) is 13.9 Å². The lowest BCUT2D eigenvalue weighted by Gasteiger charge is -2.30. The molecule has 0 aromatic heterocycles. The first-order valence-electron chi connectivity index (χ1n) is 6.66. The Hall–Kier alpha value is 0.145. The maximum atomic E-state index is 6.08. The summed E-state index contributed by atoms with van der Waals surface area (Å²) >= 11 is 8.36. The van der Waals surface area contributed by atoms with E-state index in [9.17, 15) is 0 Å². The normalized spacial score (nSPS) is 24.6. The zero-order chi connectivity index (χ0) is 15.7. The van der Waals surface area contributed by atoms with E-state index in [2.05, 4.69) is 22.6 Å². The van der Waals surface area contributed by atoms with E-state index in [1.54, 1.807) is 7.11 Å². The van der Waals surface area contributed by atoms with Crippen molar-refractivity contribution in [3.8, 4) is 0 Å². The van der Waals surface area contributed by atoms with Gasteiger partial charge in [-0.1, -0.05) is 17.7 Å². The van der Waals surface area contributed by atoms with Gasteiger partial charge in [0.25, 0.3) is 0 Å². The zero-order valence-corrected chi connectivity index (χ0v) is 15.5.